The summed E-state index contributed by atoms with van der Waals surface area (Å²) in [5.74, 6) is 0.0111. The fourth-order valence-corrected chi connectivity index (χ4v) is 1.79. The third-order valence-electron chi connectivity index (χ3n) is 1.74. The zero-order valence-corrected chi connectivity index (χ0v) is 9.63. The minimum atomic E-state index is -0.427. The van der Waals surface area contributed by atoms with E-state index in [2.05, 4.69) is 15.3 Å². The average molecular weight is 243 g/mol. The zero-order chi connectivity index (χ0) is 12.0. The number of aromatic amines is 1. The van der Waals surface area contributed by atoms with Gasteiger partial charge in [-0.3, -0.25) is 4.79 Å². The van der Waals surface area contributed by atoms with Crippen molar-refractivity contribution >= 4 is 17.7 Å². The highest BCUT2D eigenvalue weighted by Gasteiger charge is 2.05. The van der Waals surface area contributed by atoms with Crippen LogP contribution in [0.2, 0.25) is 0 Å². The molecule has 0 aliphatic rings. The van der Waals surface area contributed by atoms with Crippen LogP contribution in [0.4, 0.5) is 0 Å². The molecule has 0 spiro atoms. The Bertz CT molecular complexity index is 419. The van der Waals surface area contributed by atoms with E-state index in [0.29, 0.717) is 5.03 Å². The summed E-state index contributed by atoms with van der Waals surface area (Å²) in [7, 11) is 0. The van der Waals surface area contributed by atoms with Crippen LogP contribution in [-0.2, 0) is 4.79 Å². The van der Waals surface area contributed by atoms with Crippen LogP contribution in [0.25, 0.3) is 0 Å². The van der Waals surface area contributed by atoms with Gasteiger partial charge in [0.05, 0.1) is 17.4 Å². The SMILES string of the molecule is Cc1cnc(=O)[nH]c1SCC(=O)NCCO. The summed E-state index contributed by atoms with van der Waals surface area (Å²) < 4.78 is 0. The second kappa shape index (κ2) is 6.29. The van der Waals surface area contributed by atoms with Crippen LogP contribution in [0.5, 0.6) is 0 Å². The van der Waals surface area contributed by atoms with Gasteiger partial charge >= 0.3 is 5.69 Å². The van der Waals surface area contributed by atoms with Gasteiger partial charge in [0.2, 0.25) is 5.91 Å². The van der Waals surface area contributed by atoms with Crippen molar-refractivity contribution < 1.29 is 9.90 Å². The topological polar surface area (TPSA) is 95.1 Å². The van der Waals surface area contributed by atoms with Gasteiger partial charge in [-0.2, -0.15) is 0 Å². The molecule has 3 N–H and O–H groups in total. The van der Waals surface area contributed by atoms with E-state index in [1.54, 1.807) is 6.92 Å². The molecule has 7 heteroatoms. The average Bonchev–Trinajstić information content (AvgIpc) is 2.27. The van der Waals surface area contributed by atoms with Crippen molar-refractivity contribution in [3.63, 3.8) is 0 Å². The van der Waals surface area contributed by atoms with Crippen LogP contribution < -0.4 is 11.0 Å². The number of carbonyl (C=O) groups excluding carboxylic acids is 1. The number of aromatic nitrogens is 2. The van der Waals surface area contributed by atoms with Gasteiger partial charge < -0.3 is 15.4 Å². The fraction of sp³-hybridized carbons (Fsp3) is 0.444. The highest BCUT2D eigenvalue weighted by atomic mass is 32.2. The molecule has 1 amide bonds. The third kappa shape index (κ3) is 4.03. The van der Waals surface area contributed by atoms with E-state index < -0.39 is 5.69 Å². The number of nitrogens with one attached hydrogen (secondary N) is 2. The van der Waals surface area contributed by atoms with Gasteiger partial charge in [-0.15, -0.1) is 0 Å². The predicted molar refractivity (Wildman–Crippen MR) is 60.4 cm³/mol. The predicted octanol–water partition coefficient (Wildman–Crippen LogP) is -0.721. The third-order valence-corrected chi connectivity index (χ3v) is 2.85. The number of H-pyrrole nitrogens is 1. The summed E-state index contributed by atoms with van der Waals surface area (Å²) in [4.78, 5) is 28.3. The molecule has 0 radical (unpaired) electrons. The van der Waals surface area contributed by atoms with E-state index in [-0.39, 0.29) is 24.8 Å². The number of amides is 1. The molecule has 0 atom stereocenters. The first-order valence-corrected chi connectivity index (χ1v) is 5.68. The Morgan fingerprint density at radius 2 is 2.44 bits per heavy atom. The molecule has 0 aliphatic heterocycles. The molecule has 0 aliphatic carbocycles. The first-order valence-electron chi connectivity index (χ1n) is 4.69. The second-order valence-corrected chi connectivity index (χ2v) is 4.05. The first-order chi connectivity index (χ1) is 7.63. The van der Waals surface area contributed by atoms with Crippen molar-refractivity contribution in [3.8, 4) is 0 Å². The summed E-state index contributed by atoms with van der Waals surface area (Å²) in [5, 5.41) is 11.7. The Morgan fingerprint density at radius 3 is 3.12 bits per heavy atom. The zero-order valence-electron chi connectivity index (χ0n) is 8.82. The van der Waals surface area contributed by atoms with Crippen molar-refractivity contribution in [3.05, 3.63) is 22.2 Å². The largest absolute Gasteiger partial charge is 0.395 e. The molecule has 1 aromatic heterocycles. The van der Waals surface area contributed by atoms with Crippen molar-refractivity contribution in [2.24, 2.45) is 0 Å². The van der Waals surface area contributed by atoms with E-state index in [9.17, 15) is 9.59 Å². The summed E-state index contributed by atoms with van der Waals surface area (Å²) in [5.41, 5.74) is 0.392. The number of nitrogens with zero attached hydrogens (tertiary/aromatic N) is 1. The molecule has 0 saturated carbocycles. The standard InChI is InChI=1S/C9H13N3O3S/c1-6-4-11-9(15)12-8(6)16-5-7(14)10-2-3-13/h4,13H,2-3,5H2,1H3,(H,10,14)(H,11,12,15). The smallest absolute Gasteiger partial charge is 0.345 e. The lowest BCUT2D eigenvalue weighted by atomic mass is 10.4. The van der Waals surface area contributed by atoms with Gasteiger partial charge in [0.1, 0.15) is 0 Å². The highest BCUT2D eigenvalue weighted by molar-refractivity contribution is 7.99. The lowest BCUT2D eigenvalue weighted by molar-refractivity contribution is -0.118. The molecule has 0 aromatic carbocycles. The van der Waals surface area contributed by atoms with Gasteiger partial charge in [0, 0.05) is 12.7 Å². The number of aliphatic hydroxyl groups is 1. The minimum Gasteiger partial charge on any atom is -0.395 e. The Balaban J connectivity index is 2.51. The van der Waals surface area contributed by atoms with E-state index in [0.717, 1.165) is 5.56 Å². The number of aryl methyl sites for hydroxylation is 1. The first kappa shape index (κ1) is 12.7. The van der Waals surface area contributed by atoms with E-state index in [1.165, 1.54) is 18.0 Å². The maximum Gasteiger partial charge on any atom is 0.345 e. The normalized spacial score (nSPS) is 10.1. The van der Waals surface area contributed by atoms with Crippen molar-refractivity contribution in [2.45, 2.75) is 11.9 Å². The molecule has 0 bridgehead atoms. The van der Waals surface area contributed by atoms with E-state index >= 15 is 0 Å². The second-order valence-electron chi connectivity index (χ2n) is 3.06. The fourth-order valence-electron chi connectivity index (χ4n) is 0.976. The molecule has 16 heavy (non-hydrogen) atoms. The van der Waals surface area contributed by atoms with Crippen LogP contribution in [0.3, 0.4) is 0 Å². The summed E-state index contributed by atoms with van der Waals surface area (Å²) in [6, 6.07) is 0. The minimum absolute atomic E-state index is 0.0818. The lowest BCUT2D eigenvalue weighted by Gasteiger charge is -2.04. The van der Waals surface area contributed by atoms with Gasteiger partial charge in [-0.05, 0) is 12.5 Å². The molecule has 1 aromatic rings. The lowest BCUT2D eigenvalue weighted by Crippen LogP contribution is -2.28. The van der Waals surface area contributed by atoms with Crippen molar-refractivity contribution in [1.29, 1.82) is 0 Å². The molecule has 0 unspecified atom stereocenters. The summed E-state index contributed by atoms with van der Waals surface area (Å²) in [6.07, 6.45) is 1.47. The van der Waals surface area contributed by atoms with E-state index in [1.807, 2.05) is 0 Å². The quantitative estimate of drug-likeness (QED) is 0.468. The Labute approximate surface area is 96.5 Å². The number of aliphatic hydroxyl groups excluding tert-OH is 1. The Hall–Kier alpha value is -1.34. The van der Waals surface area contributed by atoms with Crippen LogP contribution >= 0.6 is 11.8 Å². The molecule has 0 saturated heterocycles. The van der Waals surface area contributed by atoms with Crippen molar-refractivity contribution in [1.82, 2.24) is 15.3 Å². The highest BCUT2D eigenvalue weighted by Crippen LogP contribution is 2.16. The maximum absolute atomic E-state index is 11.2. The van der Waals surface area contributed by atoms with Gasteiger partial charge in [-0.1, -0.05) is 11.8 Å². The number of rotatable bonds is 5. The van der Waals surface area contributed by atoms with Gasteiger partial charge in [0.15, 0.2) is 0 Å². The summed E-state index contributed by atoms with van der Waals surface area (Å²) in [6.45, 7) is 1.96. The molecular weight excluding hydrogens is 230 g/mol. The molecule has 1 heterocycles. The molecule has 1 rings (SSSR count). The number of hydrogen-bond donors (Lipinski definition) is 3. The maximum atomic E-state index is 11.2. The Kier molecular flexibility index (Phi) is 5.00. The van der Waals surface area contributed by atoms with Crippen LogP contribution in [0, 0.1) is 6.92 Å². The monoisotopic (exact) mass is 243 g/mol. The van der Waals surface area contributed by atoms with Crippen LogP contribution in [0.15, 0.2) is 16.0 Å². The van der Waals surface area contributed by atoms with Crippen molar-refractivity contribution in [2.75, 3.05) is 18.9 Å². The molecule has 0 fully saturated rings. The number of hydrogen-bond acceptors (Lipinski definition) is 5. The number of thioether (sulfide) groups is 1. The summed E-state index contributed by atoms with van der Waals surface area (Å²) >= 11 is 1.23. The Morgan fingerprint density at radius 1 is 1.69 bits per heavy atom. The molecule has 6 nitrogen and oxygen atoms in total. The molecule has 88 valence electrons. The van der Waals surface area contributed by atoms with Gasteiger partial charge in [0.25, 0.3) is 0 Å². The van der Waals surface area contributed by atoms with E-state index in [4.69, 9.17) is 5.11 Å². The van der Waals surface area contributed by atoms with Crippen LogP contribution in [-0.4, -0.2) is 39.9 Å². The van der Waals surface area contributed by atoms with Gasteiger partial charge in [-0.25, -0.2) is 9.78 Å². The number of carbonyl (C=O) groups is 1. The van der Waals surface area contributed by atoms with Crippen LogP contribution in [0.1, 0.15) is 5.56 Å². The molecular formula is C9H13N3O3S.